The standard InChI is InChI=1S/C22H29N3O6S/c1-15-12-25(16(2)14-26)22(27)19-9-6-10-23-21(19)31-20(15)13-24(3)32(28,29)18-8-5-7-17(11-18)30-4/h5-11,15-16,20,26H,12-14H2,1-4H3/t15-,16+,20-/m0/s1. The van der Waals surface area contributed by atoms with Crippen LogP contribution in [0.25, 0.3) is 0 Å². The van der Waals surface area contributed by atoms with Gasteiger partial charge in [0.1, 0.15) is 17.4 Å². The molecule has 1 aromatic heterocycles. The Bertz CT molecular complexity index is 1060. The zero-order valence-electron chi connectivity index (χ0n) is 18.6. The van der Waals surface area contributed by atoms with Crippen LogP contribution in [0.2, 0.25) is 0 Å². The first-order valence-electron chi connectivity index (χ1n) is 10.3. The second-order valence-electron chi connectivity index (χ2n) is 7.94. The van der Waals surface area contributed by atoms with E-state index in [0.29, 0.717) is 12.3 Å². The Morgan fingerprint density at radius 1 is 1.34 bits per heavy atom. The highest BCUT2D eigenvalue weighted by Gasteiger charge is 2.35. The highest BCUT2D eigenvalue weighted by Crippen LogP contribution is 2.27. The molecular formula is C22H29N3O6S. The first-order valence-corrected chi connectivity index (χ1v) is 11.8. The van der Waals surface area contributed by atoms with Crippen LogP contribution in [0, 0.1) is 5.92 Å². The number of aliphatic hydroxyl groups is 1. The number of ether oxygens (including phenoxy) is 2. The van der Waals surface area contributed by atoms with Crippen LogP contribution in [0.4, 0.5) is 0 Å². The minimum atomic E-state index is -3.81. The minimum Gasteiger partial charge on any atom is -0.497 e. The van der Waals surface area contributed by atoms with Gasteiger partial charge < -0.3 is 19.5 Å². The van der Waals surface area contributed by atoms with Gasteiger partial charge >= 0.3 is 0 Å². The molecule has 1 amide bonds. The van der Waals surface area contributed by atoms with E-state index in [4.69, 9.17) is 9.47 Å². The largest absolute Gasteiger partial charge is 0.497 e. The van der Waals surface area contributed by atoms with Crippen molar-refractivity contribution in [2.75, 3.05) is 33.9 Å². The molecule has 2 aromatic rings. The number of hydrogen-bond donors (Lipinski definition) is 1. The van der Waals surface area contributed by atoms with E-state index in [1.165, 1.54) is 36.8 Å². The van der Waals surface area contributed by atoms with Crippen LogP contribution in [0.5, 0.6) is 11.6 Å². The number of sulfonamides is 1. The third-order valence-corrected chi connectivity index (χ3v) is 7.45. The zero-order chi connectivity index (χ0) is 23.5. The van der Waals surface area contributed by atoms with E-state index in [0.717, 1.165) is 0 Å². The number of benzene rings is 1. The lowest BCUT2D eigenvalue weighted by atomic mass is 10.0. The van der Waals surface area contributed by atoms with Gasteiger partial charge in [-0.2, -0.15) is 4.31 Å². The van der Waals surface area contributed by atoms with Crippen molar-refractivity contribution < 1.29 is 27.8 Å². The zero-order valence-corrected chi connectivity index (χ0v) is 19.4. The van der Waals surface area contributed by atoms with Crippen molar-refractivity contribution in [3.8, 4) is 11.6 Å². The molecule has 2 heterocycles. The first-order chi connectivity index (χ1) is 15.2. The van der Waals surface area contributed by atoms with Crippen LogP contribution in [-0.2, 0) is 10.0 Å². The van der Waals surface area contributed by atoms with Crippen LogP contribution < -0.4 is 9.47 Å². The Balaban J connectivity index is 1.91. The summed E-state index contributed by atoms with van der Waals surface area (Å²) in [7, 11) is -0.841. The Morgan fingerprint density at radius 3 is 2.78 bits per heavy atom. The molecule has 10 heteroatoms. The average molecular weight is 464 g/mol. The van der Waals surface area contributed by atoms with Gasteiger partial charge in [-0.25, -0.2) is 13.4 Å². The lowest BCUT2D eigenvalue weighted by Gasteiger charge is -2.37. The molecule has 3 atom stereocenters. The molecule has 0 aliphatic carbocycles. The third kappa shape index (κ3) is 4.87. The normalized spacial score (nSPS) is 20.2. The highest BCUT2D eigenvalue weighted by atomic mass is 32.2. The summed E-state index contributed by atoms with van der Waals surface area (Å²) < 4.78 is 38.8. The fraction of sp³-hybridized carbons (Fsp3) is 0.455. The molecule has 1 aliphatic rings. The van der Waals surface area contributed by atoms with Crippen molar-refractivity contribution in [1.29, 1.82) is 0 Å². The first kappa shape index (κ1) is 24.0. The Morgan fingerprint density at radius 2 is 2.09 bits per heavy atom. The Hall–Kier alpha value is -2.69. The number of carbonyl (C=O) groups excluding carboxylic acids is 1. The van der Waals surface area contributed by atoms with Crippen LogP contribution in [-0.4, -0.2) is 79.6 Å². The fourth-order valence-corrected chi connectivity index (χ4v) is 4.78. The van der Waals surface area contributed by atoms with Gasteiger partial charge in [0.2, 0.25) is 15.9 Å². The molecule has 174 valence electrons. The second kappa shape index (κ2) is 9.85. The molecule has 1 aliphatic heterocycles. The lowest BCUT2D eigenvalue weighted by molar-refractivity contribution is 0.0373. The van der Waals surface area contributed by atoms with Gasteiger partial charge in [-0.15, -0.1) is 0 Å². The van der Waals surface area contributed by atoms with Crippen LogP contribution >= 0.6 is 0 Å². The van der Waals surface area contributed by atoms with Gasteiger partial charge in [0, 0.05) is 31.8 Å². The number of aliphatic hydroxyl groups excluding tert-OH is 1. The minimum absolute atomic E-state index is 0.0479. The van der Waals surface area contributed by atoms with Gasteiger partial charge in [0.15, 0.2) is 0 Å². The summed E-state index contributed by atoms with van der Waals surface area (Å²) in [6.45, 7) is 3.80. The number of nitrogens with zero attached hydrogens (tertiary/aromatic N) is 3. The molecule has 0 saturated heterocycles. The van der Waals surface area contributed by atoms with E-state index in [-0.39, 0.29) is 41.3 Å². The number of fused-ring (bicyclic) bond motifs is 1. The van der Waals surface area contributed by atoms with Crippen molar-refractivity contribution in [2.24, 2.45) is 5.92 Å². The summed E-state index contributed by atoms with van der Waals surface area (Å²) in [6.07, 6.45) is 0.946. The molecule has 0 radical (unpaired) electrons. The number of methoxy groups -OCH3 is 1. The number of amides is 1. The Kier molecular flexibility index (Phi) is 7.37. The maximum absolute atomic E-state index is 13.2. The molecule has 0 spiro atoms. The summed E-state index contributed by atoms with van der Waals surface area (Å²) in [5.41, 5.74) is 0.281. The summed E-state index contributed by atoms with van der Waals surface area (Å²) in [6, 6.07) is 9.12. The summed E-state index contributed by atoms with van der Waals surface area (Å²) in [5.74, 6) is 0.0834. The number of rotatable bonds is 7. The molecule has 9 nitrogen and oxygen atoms in total. The van der Waals surface area contributed by atoms with E-state index in [2.05, 4.69) is 4.98 Å². The topological polar surface area (TPSA) is 109 Å². The number of hydrogen-bond acceptors (Lipinski definition) is 7. The lowest BCUT2D eigenvalue weighted by Crippen LogP contribution is -2.50. The van der Waals surface area contributed by atoms with E-state index in [1.807, 2.05) is 6.92 Å². The predicted octanol–water partition coefficient (Wildman–Crippen LogP) is 1.63. The van der Waals surface area contributed by atoms with Crippen molar-refractivity contribution in [1.82, 2.24) is 14.2 Å². The molecule has 0 saturated carbocycles. The van der Waals surface area contributed by atoms with Gasteiger partial charge in [0.25, 0.3) is 5.91 Å². The summed E-state index contributed by atoms with van der Waals surface area (Å²) in [5, 5.41) is 9.65. The molecule has 0 unspecified atom stereocenters. The van der Waals surface area contributed by atoms with E-state index in [1.54, 1.807) is 36.1 Å². The number of aromatic nitrogens is 1. The average Bonchev–Trinajstić information content (AvgIpc) is 2.80. The Labute approximate surface area is 188 Å². The number of carbonyl (C=O) groups is 1. The maximum atomic E-state index is 13.2. The van der Waals surface area contributed by atoms with E-state index < -0.39 is 22.2 Å². The molecule has 0 fully saturated rings. The smallest absolute Gasteiger partial charge is 0.259 e. The quantitative estimate of drug-likeness (QED) is 0.665. The van der Waals surface area contributed by atoms with Crippen molar-refractivity contribution in [3.05, 3.63) is 48.2 Å². The van der Waals surface area contributed by atoms with Crippen molar-refractivity contribution in [3.63, 3.8) is 0 Å². The maximum Gasteiger partial charge on any atom is 0.259 e. The molecular weight excluding hydrogens is 434 g/mol. The fourth-order valence-electron chi connectivity index (χ4n) is 3.56. The molecule has 3 rings (SSSR count). The molecule has 32 heavy (non-hydrogen) atoms. The molecule has 1 N–H and O–H groups in total. The van der Waals surface area contributed by atoms with Crippen LogP contribution in [0.3, 0.4) is 0 Å². The van der Waals surface area contributed by atoms with Gasteiger partial charge in [-0.05, 0) is 31.2 Å². The highest BCUT2D eigenvalue weighted by molar-refractivity contribution is 7.89. The molecule has 1 aromatic carbocycles. The van der Waals surface area contributed by atoms with Crippen molar-refractivity contribution in [2.45, 2.75) is 30.9 Å². The number of pyridine rings is 1. The van der Waals surface area contributed by atoms with Crippen LogP contribution in [0.15, 0.2) is 47.5 Å². The van der Waals surface area contributed by atoms with Gasteiger partial charge in [-0.3, -0.25) is 4.79 Å². The second-order valence-corrected chi connectivity index (χ2v) is 9.99. The van der Waals surface area contributed by atoms with Gasteiger partial charge in [-0.1, -0.05) is 13.0 Å². The summed E-state index contributed by atoms with van der Waals surface area (Å²) in [4.78, 5) is 18.9. The SMILES string of the molecule is COc1cccc(S(=O)(=O)N(C)C[C@@H]2Oc3ncccc3C(=O)N([C@H](C)CO)C[C@@H]2C)c1. The summed E-state index contributed by atoms with van der Waals surface area (Å²) >= 11 is 0. The van der Waals surface area contributed by atoms with Gasteiger partial charge in [0.05, 0.1) is 31.2 Å². The van der Waals surface area contributed by atoms with Crippen molar-refractivity contribution >= 4 is 15.9 Å². The van der Waals surface area contributed by atoms with Crippen LogP contribution in [0.1, 0.15) is 24.2 Å². The number of likely N-dealkylation sites (N-methyl/N-ethyl adjacent to an activating group) is 1. The predicted molar refractivity (Wildman–Crippen MR) is 118 cm³/mol. The molecule has 0 bridgehead atoms. The van der Waals surface area contributed by atoms with E-state index in [9.17, 15) is 18.3 Å². The van der Waals surface area contributed by atoms with E-state index >= 15 is 0 Å². The third-order valence-electron chi connectivity index (χ3n) is 5.63. The monoisotopic (exact) mass is 463 g/mol.